The summed E-state index contributed by atoms with van der Waals surface area (Å²) in [6, 6.07) is 11.7. The molecule has 0 amide bonds. The molecule has 0 aliphatic rings. The quantitative estimate of drug-likeness (QED) is 0.860. The molecule has 2 aromatic rings. The summed E-state index contributed by atoms with van der Waals surface area (Å²) in [5.41, 5.74) is 0.688. The Bertz CT molecular complexity index is 653. The zero-order valence-electron chi connectivity index (χ0n) is 11.8. The van der Waals surface area contributed by atoms with Crippen LogP contribution in [0.15, 0.2) is 42.5 Å². The standard InChI is InChI=1S/C16H14Cl2O4/c1-21-13-3-2-4-14(9-13)22-15(16(19)20)7-10-5-11(17)8-12(18)6-10/h2-6,8-9,15H,7H2,1H3,(H,19,20). The molecule has 0 aliphatic heterocycles. The first kappa shape index (κ1) is 16.5. The van der Waals surface area contributed by atoms with E-state index in [0.29, 0.717) is 27.1 Å². The third-order valence-electron chi connectivity index (χ3n) is 2.94. The van der Waals surface area contributed by atoms with E-state index in [2.05, 4.69) is 0 Å². The first-order valence-electron chi connectivity index (χ1n) is 6.46. The number of hydrogen-bond donors (Lipinski definition) is 1. The van der Waals surface area contributed by atoms with Gasteiger partial charge in [-0.3, -0.25) is 0 Å². The molecule has 1 unspecified atom stereocenters. The molecule has 1 N–H and O–H groups in total. The molecule has 0 heterocycles. The monoisotopic (exact) mass is 340 g/mol. The van der Waals surface area contributed by atoms with Crippen LogP contribution in [-0.4, -0.2) is 24.3 Å². The predicted molar refractivity (Wildman–Crippen MR) is 85.2 cm³/mol. The maximum atomic E-state index is 11.4. The van der Waals surface area contributed by atoms with E-state index in [0.717, 1.165) is 0 Å². The van der Waals surface area contributed by atoms with Crippen molar-refractivity contribution in [3.63, 3.8) is 0 Å². The second-order valence-corrected chi connectivity index (χ2v) is 5.48. The number of methoxy groups -OCH3 is 1. The van der Waals surface area contributed by atoms with Gasteiger partial charge in [0, 0.05) is 22.5 Å². The van der Waals surface area contributed by atoms with Crippen LogP contribution in [0.5, 0.6) is 11.5 Å². The second-order valence-electron chi connectivity index (χ2n) is 4.61. The van der Waals surface area contributed by atoms with Crippen molar-refractivity contribution in [2.45, 2.75) is 12.5 Å². The van der Waals surface area contributed by atoms with Crippen LogP contribution in [0.25, 0.3) is 0 Å². The SMILES string of the molecule is COc1cccc(OC(Cc2cc(Cl)cc(Cl)c2)C(=O)O)c1. The fourth-order valence-electron chi connectivity index (χ4n) is 1.96. The number of carboxylic acid groups (broad SMARTS) is 1. The van der Waals surface area contributed by atoms with Crippen molar-refractivity contribution >= 4 is 29.2 Å². The highest BCUT2D eigenvalue weighted by Gasteiger charge is 2.20. The van der Waals surface area contributed by atoms with Gasteiger partial charge in [0.1, 0.15) is 11.5 Å². The van der Waals surface area contributed by atoms with Gasteiger partial charge < -0.3 is 14.6 Å². The van der Waals surface area contributed by atoms with E-state index in [4.69, 9.17) is 32.7 Å². The summed E-state index contributed by atoms with van der Waals surface area (Å²) in [4.78, 5) is 11.4. The Kier molecular flexibility index (Phi) is 5.52. The van der Waals surface area contributed by atoms with Gasteiger partial charge in [-0.2, -0.15) is 0 Å². The Morgan fingerprint density at radius 2 is 1.77 bits per heavy atom. The first-order valence-corrected chi connectivity index (χ1v) is 7.22. The van der Waals surface area contributed by atoms with Crippen LogP contribution in [0.4, 0.5) is 0 Å². The maximum absolute atomic E-state index is 11.4. The number of carbonyl (C=O) groups is 1. The van der Waals surface area contributed by atoms with Gasteiger partial charge in [0.25, 0.3) is 0 Å². The van der Waals surface area contributed by atoms with Crippen molar-refractivity contribution in [1.82, 2.24) is 0 Å². The topological polar surface area (TPSA) is 55.8 Å². The normalized spacial score (nSPS) is 11.8. The molecule has 0 aromatic heterocycles. The molecule has 22 heavy (non-hydrogen) atoms. The minimum atomic E-state index is -1.07. The molecule has 0 fully saturated rings. The van der Waals surface area contributed by atoms with Crippen molar-refractivity contribution < 1.29 is 19.4 Å². The Morgan fingerprint density at radius 1 is 1.14 bits per heavy atom. The van der Waals surface area contributed by atoms with Gasteiger partial charge >= 0.3 is 5.97 Å². The lowest BCUT2D eigenvalue weighted by Crippen LogP contribution is -2.29. The van der Waals surface area contributed by atoms with Crippen LogP contribution in [0.1, 0.15) is 5.56 Å². The second kappa shape index (κ2) is 7.38. The molecule has 4 nitrogen and oxygen atoms in total. The average molecular weight is 341 g/mol. The molecule has 0 spiro atoms. The van der Waals surface area contributed by atoms with Gasteiger partial charge in [-0.1, -0.05) is 29.3 Å². The molecule has 0 saturated heterocycles. The number of rotatable bonds is 6. The Morgan fingerprint density at radius 3 is 2.36 bits per heavy atom. The minimum absolute atomic E-state index is 0.146. The van der Waals surface area contributed by atoms with Crippen LogP contribution >= 0.6 is 23.2 Å². The van der Waals surface area contributed by atoms with Crippen molar-refractivity contribution in [3.05, 3.63) is 58.1 Å². The highest BCUT2D eigenvalue weighted by atomic mass is 35.5. The number of halogens is 2. The summed E-state index contributed by atoms with van der Waals surface area (Å²) in [7, 11) is 1.53. The number of aliphatic carboxylic acids is 1. The van der Waals surface area contributed by atoms with Gasteiger partial charge in [0.15, 0.2) is 6.10 Å². The van der Waals surface area contributed by atoms with E-state index in [9.17, 15) is 9.90 Å². The molecule has 0 aliphatic carbocycles. The third-order valence-corrected chi connectivity index (χ3v) is 3.37. The molecular formula is C16H14Cl2O4. The number of ether oxygens (including phenoxy) is 2. The summed E-state index contributed by atoms with van der Waals surface area (Å²) in [6.45, 7) is 0. The highest BCUT2D eigenvalue weighted by molar-refractivity contribution is 6.34. The van der Waals surface area contributed by atoms with E-state index in [-0.39, 0.29) is 6.42 Å². The summed E-state index contributed by atoms with van der Waals surface area (Å²) < 4.78 is 10.6. The fraction of sp³-hybridized carbons (Fsp3) is 0.188. The van der Waals surface area contributed by atoms with Gasteiger partial charge in [0.05, 0.1) is 7.11 Å². The molecule has 2 rings (SSSR count). The number of hydrogen-bond acceptors (Lipinski definition) is 3. The first-order chi connectivity index (χ1) is 10.5. The van der Waals surface area contributed by atoms with E-state index in [1.807, 2.05) is 0 Å². The highest BCUT2D eigenvalue weighted by Crippen LogP contribution is 2.23. The van der Waals surface area contributed by atoms with E-state index >= 15 is 0 Å². The van der Waals surface area contributed by atoms with Crippen molar-refractivity contribution in [1.29, 1.82) is 0 Å². The Hall–Kier alpha value is -1.91. The summed E-state index contributed by atoms with van der Waals surface area (Å²) in [5.74, 6) is -0.0637. The predicted octanol–water partition coefficient (Wildman–Crippen LogP) is 4.08. The molecule has 2 aromatic carbocycles. The van der Waals surface area contributed by atoms with Gasteiger partial charge in [0.2, 0.25) is 0 Å². The van der Waals surface area contributed by atoms with Gasteiger partial charge in [-0.15, -0.1) is 0 Å². The van der Waals surface area contributed by atoms with E-state index in [1.54, 1.807) is 42.5 Å². The van der Waals surface area contributed by atoms with Crippen molar-refractivity contribution in [3.8, 4) is 11.5 Å². The van der Waals surface area contributed by atoms with Crippen LogP contribution in [-0.2, 0) is 11.2 Å². The summed E-state index contributed by atoms with van der Waals surface area (Å²) in [5, 5.41) is 10.2. The molecule has 0 radical (unpaired) electrons. The van der Waals surface area contributed by atoms with Crippen LogP contribution in [0, 0.1) is 0 Å². The third kappa shape index (κ3) is 4.55. The van der Waals surface area contributed by atoms with Crippen molar-refractivity contribution in [2.75, 3.05) is 7.11 Å². The van der Waals surface area contributed by atoms with Crippen molar-refractivity contribution in [2.24, 2.45) is 0 Å². The lowest BCUT2D eigenvalue weighted by molar-refractivity contribution is -0.145. The molecule has 0 bridgehead atoms. The number of benzene rings is 2. The fourth-order valence-corrected chi connectivity index (χ4v) is 2.53. The van der Waals surface area contributed by atoms with Crippen LogP contribution < -0.4 is 9.47 Å². The molecule has 1 atom stereocenters. The van der Waals surface area contributed by atoms with Gasteiger partial charge in [-0.05, 0) is 35.9 Å². The summed E-state index contributed by atoms with van der Waals surface area (Å²) in [6.07, 6.45) is -0.908. The lowest BCUT2D eigenvalue weighted by Gasteiger charge is -2.16. The van der Waals surface area contributed by atoms with Gasteiger partial charge in [-0.25, -0.2) is 4.79 Å². The zero-order chi connectivity index (χ0) is 16.1. The Labute approximate surface area is 138 Å². The molecule has 116 valence electrons. The smallest absolute Gasteiger partial charge is 0.345 e. The molecule has 0 saturated carbocycles. The van der Waals surface area contributed by atoms with Crippen LogP contribution in [0.2, 0.25) is 10.0 Å². The largest absolute Gasteiger partial charge is 0.497 e. The average Bonchev–Trinajstić information content (AvgIpc) is 2.45. The van der Waals surface area contributed by atoms with Crippen LogP contribution in [0.3, 0.4) is 0 Å². The maximum Gasteiger partial charge on any atom is 0.345 e. The lowest BCUT2D eigenvalue weighted by atomic mass is 10.1. The number of carboxylic acids is 1. The summed E-state index contributed by atoms with van der Waals surface area (Å²) >= 11 is 11.8. The Balaban J connectivity index is 2.17. The van der Waals surface area contributed by atoms with E-state index in [1.165, 1.54) is 7.11 Å². The van der Waals surface area contributed by atoms with E-state index < -0.39 is 12.1 Å². The molecule has 6 heteroatoms. The minimum Gasteiger partial charge on any atom is -0.497 e. The molecular weight excluding hydrogens is 327 g/mol. The zero-order valence-corrected chi connectivity index (χ0v) is 13.3.